The van der Waals surface area contributed by atoms with E-state index in [9.17, 15) is 4.79 Å². The maximum Gasteiger partial charge on any atom is 0.255 e. The number of allylic oxidation sites excluding steroid dienone is 1. The van der Waals surface area contributed by atoms with Crippen molar-refractivity contribution in [1.82, 2.24) is 14.8 Å². The number of rotatable bonds is 5. The number of carbonyl (C=O) groups is 1. The van der Waals surface area contributed by atoms with Gasteiger partial charge in [0.2, 0.25) is 5.95 Å². The van der Waals surface area contributed by atoms with Gasteiger partial charge >= 0.3 is 0 Å². The third-order valence-corrected chi connectivity index (χ3v) is 4.62. The molecule has 0 saturated heterocycles. The van der Waals surface area contributed by atoms with Gasteiger partial charge in [-0.05, 0) is 50.6 Å². The molecule has 2 N–H and O–H groups in total. The third-order valence-electron chi connectivity index (χ3n) is 4.62. The first-order valence-electron chi connectivity index (χ1n) is 9.53. The Morgan fingerprint density at radius 2 is 1.97 bits per heavy atom. The average Bonchev–Trinajstić information content (AvgIpc) is 3.15. The Hall–Kier alpha value is -3.61. The van der Waals surface area contributed by atoms with Gasteiger partial charge in [0, 0.05) is 11.4 Å². The predicted molar refractivity (Wildman–Crippen MR) is 112 cm³/mol. The van der Waals surface area contributed by atoms with Crippen LogP contribution in [-0.2, 0) is 4.79 Å². The van der Waals surface area contributed by atoms with E-state index in [1.54, 1.807) is 4.68 Å². The van der Waals surface area contributed by atoms with Gasteiger partial charge in [-0.3, -0.25) is 4.79 Å². The van der Waals surface area contributed by atoms with E-state index in [0.29, 0.717) is 11.5 Å². The van der Waals surface area contributed by atoms with Crippen molar-refractivity contribution in [2.45, 2.75) is 32.9 Å². The summed E-state index contributed by atoms with van der Waals surface area (Å²) in [4.78, 5) is 17.5. The molecule has 1 aliphatic heterocycles. The number of hydrogen-bond donors (Lipinski definition) is 2. The minimum absolute atomic E-state index is 0.0540. The van der Waals surface area contributed by atoms with Crippen LogP contribution < -0.4 is 15.4 Å². The van der Waals surface area contributed by atoms with E-state index >= 15 is 0 Å². The third kappa shape index (κ3) is 3.85. The zero-order valence-electron chi connectivity index (χ0n) is 16.6. The summed E-state index contributed by atoms with van der Waals surface area (Å²) in [6, 6.07) is 16.7. The minimum Gasteiger partial charge on any atom is -0.491 e. The van der Waals surface area contributed by atoms with Gasteiger partial charge in [-0.25, -0.2) is 4.68 Å². The highest BCUT2D eigenvalue weighted by Crippen LogP contribution is 2.36. The Morgan fingerprint density at radius 3 is 2.72 bits per heavy atom. The van der Waals surface area contributed by atoms with Gasteiger partial charge in [-0.15, -0.1) is 0 Å². The lowest BCUT2D eigenvalue weighted by Gasteiger charge is -2.29. The fourth-order valence-electron chi connectivity index (χ4n) is 3.44. The molecule has 0 spiro atoms. The number of para-hydroxylation sites is 1. The van der Waals surface area contributed by atoms with Crippen LogP contribution in [0.3, 0.4) is 0 Å². The molecule has 148 valence electrons. The summed E-state index contributed by atoms with van der Waals surface area (Å²) < 4.78 is 7.58. The largest absolute Gasteiger partial charge is 0.491 e. The number of nitrogens with zero attached hydrogens (tertiary/aromatic N) is 3. The fraction of sp³-hybridized carbons (Fsp3) is 0.227. The van der Waals surface area contributed by atoms with E-state index in [-0.39, 0.29) is 12.0 Å². The minimum atomic E-state index is -0.423. The number of anilines is 2. The van der Waals surface area contributed by atoms with Gasteiger partial charge in [-0.1, -0.05) is 30.3 Å². The molecule has 0 aliphatic carbocycles. The van der Waals surface area contributed by atoms with E-state index < -0.39 is 6.04 Å². The van der Waals surface area contributed by atoms with Gasteiger partial charge in [0.05, 0.1) is 11.7 Å². The molecule has 7 heteroatoms. The number of hydrogen-bond acceptors (Lipinski definition) is 5. The van der Waals surface area contributed by atoms with E-state index in [1.165, 1.54) is 6.33 Å². The molecule has 29 heavy (non-hydrogen) atoms. The van der Waals surface area contributed by atoms with Gasteiger partial charge in [0.1, 0.15) is 18.1 Å². The monoisotopic (exact) mass is 389 g/mol. The molecule has 1 aromatic heterocycles. The molecule has 2 heterocycles. The van der Waals surface area contributed by atoms with Crippen LogP contribution >= 0.6 is 0 Å². The Kier molecular flexibility index (Phi) is 5.03. The summed E-state index contributed by atoms with van der Waals surface area (Å²) >= 11 is 0. The van der Waals surface area contributed by atoms with Crippen molar-refractivity contribution in [3.05, 3.63) is 77.8 Å². The number of benzene rings is 2. The number of aromatic nitrogens is 3. The van der Waals surface area contributed by atoms with Gasteiger partial charge < -0.3 is 15.4 Å². The maximum atomic E-state index is 13.3. The molecule has 1 unspecified atom stereocenters. The quantitative estimate of drug-likeness (QED) is 0.690. The van der Waals surface area contributed by atoms with Gasteiger partial charge in [0.15, 0.2) is 0 Å². The van der Waals surface area contributed by atoms with Crippen LogP contribution in [0.1, 0.15) is 32.4 Å². The Balaban J connectivity index is 1.75. The van der Waals surface area contributed by atoms with Gasteiger partial charge in [0.25, 0.3) is 5.91 Å². The second-order valence-electron chi connectivity index (χ2n) is 7.15. The molecule has 3 aromatic rings. The summed E-state index contributed by atoms with van der Waals surface area (Å²) in [5.74, 6) is 1.15. The maximum absolute atomic E-state index is 13.3. The van der Waals surface area contributed by atoms with Crippen LogP contribution in [0.5, 0.6) is 5.75 Å². The van der Waals surface area contributed by atoms with E-state index in [4.69, 9.17) is 4.74 Å². The Bertz CT molecular complexity index is 1060. The highest BCUT2D eigenvalue weighted by molar-refractivity contribution is 6.06. The van der Waals surface area contributed by atoms with E-state index in [2.05, 4.69) is 20.7 Å². The molecule has 0 radical (unpaired) electrons. The highest BCUT2D eigenvalue weighted by Gasteiger charge is 2.33. The summed E-state index contributed by atoms with van der Waals surface area (Å²) in [7, 11) is 0. The first kappa shape index (κ1) is 18.7. The number of ether oxygens (including phenoxy) is 1. The summed E-state index contributed by atoms with van der Waals surface area (Å²) in [6.07, 6.45) is 1.54. The molecule has 7 nitrogen and oxygen atoms in total. The first-order valence-corrected chi connectivity index (χ1v) is 9.53. The van der Waals surface area contributed by atoms with E-state index in [0.717, 1.165) is 22.7 Å². The first-order chi connectivity index (χ1) is 14.0. The van der Waals surface area contributed by atoms with Crippen molar-refractivity contribution < 1.29 is 9.53 Å². The second-order valence-corrected chi connectivity index (χ2v) is 7.15. The summed E-state index contributed by atoms with van der Waals surface area (Å²) in [5, 5.41) is 10.5. The topological polar surface area (TPSA) is 81.1 Å². The van der Waals surface area contributed by atoms with Crippen molar-refractivity contribution in [2.75, 3.05) is 10.6 Å². The van der Waals surface area contributed by atoms with Gasteiger partial charge in [-0.2, -0.15) is 10.1 Å². The molecule has 0 fully saturated rings. The average molecular weight is 389 g/mol. The van der Waals surface area contributed by atoms with Crippen LogP contribution in [0, 0.1) is 0 Å². The van der Waals surface area contributed by atoms with Crippen LogP contribution in [0.15, 0.2) is 72.2 Å². The zero-order valence-corrected chi connectivity index (χ0v) is 16.6. The van der Waals surface area contributed by atoms with Crippen molar-refractivity contribution in [2.24, 2.45) is 0 Å². The molecule has 2 aromatic carbocycles. The van der Waals surface area contributed by atoms with Crippen LogP contribution in [0.4, 0.5) is 11.6 Å². The van der Waals surface area contributed by atoms with Crippen molar-refractivity contribution >= 4 is 17.5 Å². The lowest BCUT2D eigenvalue weighted by atomic mass is 9.95. The number of fused-ring (bicyclic) bond motifs is 1. The summed E-state index contributed by atoms with van der Waals surface area (Å²) in [5.41, 5.74) is 2.94. The molecular formula is C22H23N5O2. The fourth-order valence-corrected chi connectivity index (χ4v) is 3.44. The highest BCUT2D eigenvalue weighted by atomic mass is 16.5. The summed E-state index contributed by atoms with van der Waals surface area (Å²) in [6.45, 7) is 5.84. The predicted octanol–water partition coefficient (Wildman–Crippen LogP) is 3.99. The standard InChI is InChI=1S/C22H23N5O2/c1-14(2)29-18-11-7-8-16(12-18)20-19(15(3)25-22-23-13-24-27(20)22)21(28)26-17-9-5-4-6-10-17/h4-14,20H,1-3H3,(H,26,28)(H,23,24,25). The molecular weight excluding hydrogens is 366 g/mol. The molecule has 0 bridgehead atoms. The number of carbonyl (C=O) groups excluding carboxylic acids is 1. The van der Waals surface area contributed by atoms with Crippen molar-refractivity contribution in [3.8, 4) is 5.75 Å². The number of nitrogens with one attached hydrogen (secondary N) is 2. The lowest BCUT2D eigenvalue weighted by Crippen LogP contribution is -2.31. The Labute approximate surface area is 169 Å². The molecule has 4 rings (SSSR count). The molecule has 1 atom stereocenters. The Morgan fingerprint density at radius 1 is 1.17 bits per heavy atom. The second kappa shape index (κ2) is 7.79. The smallest absolute Gasteiger partial charge is 0.255 e. The normalized spacial score (nSPS) is 15.7. The van der Waals surface area contributed by atoms with Crippen LogP contribution in [-0.4, -0.2) is 26.8 Å². The lowest BCUT2D eigenvalue weighted by molar-refractivity contribution is -0.113. The molecule has 1 amide bonds. The van der Waals surface area contributed by atoms with E-state index in [1.807, 2.05) is 75.4 Å². The van der Waals surface area contributed by atoms with Crippen molar-refractivity contribution in [3.63, 3.8) is 0 Å². The zero-order chi connectivity index (χ0) is 20.4. The molecule has 0 saturated carbocycles. The molecule has 1 aliphatic rings. The van der Waals surface area contributed by atoms with Crippen molar-refractivity contribution in [1.29, 1.82) is 0 Å². The van der Waals surface area contributed by atoms with Crippen LogP contribution in [0.2, 0.25) is 0 Å². The SMILES string of the molecule is CC1=C(C(=O)Nc2ccccc2)C(c2cccc(OC(C)C)c2)n2ncnc2N1. The van der Waals surface area contributed by atoms with Crippen LogP contribution in [0.25, 0.3) is 0 Å². The number of amides is 1.